The summed E-state index contributed by atoms with van der Waals surface area (Å²) in [6, 6.07) is 21.1. The minimum absolute atomic E-state index is 0.00153. The van der Waals surface area contributed by atoms with Crippen LogP contribution in [0, 0.1) is 34.0 Å². The molecule has 0 saturated carbocycles. The second kappa shape index (κ2) is 32.7. The largest absolute Gasteiger partial charge is 0.454 e. The first-order valence-corrected chi connectivity index (χ1v) is 39.6. The van der Waals surface area contributed by atoms with Crippen LogP contribution >= 0.6 is 46.4 Å². The molecule has 0 fully saturated rings. The van der Waals surface area contributed by atoms with E-state index in [1.807, 2.05) is 0 Å². The first-order chi connectivity index (χ1) is 44.3. The maximum absolute atomic E-state index is 13.7. The summed E-state index contributed by atoms with van der Waals surface area (Å²) in [6.07, 6.45) is 0. The highest BCUT2D eigenvalue weighted by molar-refractivity contribution is 7.88. The fourth-order valence-electron chi connectivity index (χ4n) is 7.43. The van der Waals surface area contributed by atoms with E-state index in [9.17, 15) is 60.1 Å². The van der Waals surface area contributed by atoms with Crippen molar-refractivity contribution in [3.8, 4) is 23.0 Å². The Kier molecular flexibility index (Phi) is 27.8. The molecule has 0 heterocycles. The number of halogens is 4. The standard InChI is InChI=1S/C34H42Cl2O11S3.C31H36Cl2O11S3/c1-32(2,3)19-44-48(38,39)24-12-15-28(30(18-24)50(42,43)46-21-34(7,8)9)47-27-14-10-22(31(37)25-17-23(35)11-13-26(25)36)16-29(27)49(40,41)45-20-33(4,5)6;1-19(2)16-41-45(35,36)24-9-12-28(30(15-24)47(39,40)43-18-21(5)6)44-27-11-7-22(13-29(27)46(37,38)42-17-20(3)4)31(34)25-14-23(32)8-10-26(25)33/h10-18H,19-21H2,1-9H3;7-15,19-21H,16-18H2,1-6H3. The van der Waals surface area contributed by atoms with Crippen LogP contribution in [-0.4, -0.2) is 102 Å². The fraction of sp³-hybridized carbons (Fsp3) is 0.415. The molecule has 0 aliphatic rings. The molecule has 0 bridgehead atoms. The zero-order valence-corrected chi connectivity index (χ0v) is 63.7. The normalized spacial score (nSPS) is 13.0. The molecule has 0 amide bonds. The molecule has 0 N–H and O–H groups in total. The molecule has 0 aliphatic carbocycles. The molecule has 0 unspecified atom stereocenters. The molecular weight excluding hydrogens is 1470 g/mol. The third kappa shape index (κ3) is 24.3. The van der Waals surface area contributed by atoms with Gasteiger partial charge in [0.15, 0.2) is 11.6 Å². The Morgan fingerprint density at radius 1 is 0.340 bits per heavy atom. The Bertz CT molecular complexity index is 4590. The van der Waals surface area contributed by atoms with Gasteiger partial charge in [0.2, 0.25) is 0 Å². The Balaban J connectivity index is 0.000000351. The highest BCUT2D eigenvalue weighted by Crippen LogP contribution is 2.41. The lowest BCUT2D eigenvalue weighted by Crippen LogP contribution is -2.21. The maximum atomic E-state index is 13.7. The molecule has 0 saturated heterocycles. The van der Waals surface area contributed by atoms with Crippen LogP contribution in [0.15, 0.2) is 139 Å². The molecule has 0 aliphatic heterocycles. The first kappa shape index (κ1) is 82.5. The van der Waals surface area contributed by atoms with E-state index in [0.29, 0.717) is 0 Å². The summed E-state index contributed by atoms with van der Waals surface area (Å²) in [7, 11) is -27.5. The van der Waals surface area contributed by atoms with Gasteiger partial charge in [-0.2, -0.15) is 50.5 Å². The van der Waals surface area contributed by atoms with E-state index in [4.69, 9.17) is 81.0 Å². The predicted molar refractivity (Wildman–Crippen MR) is 367 cm³/mol. The van der Waals surface area contributed by atoms with Crippen molar-refractivity contribution in [3.05, 3.63) is 152 Å². The Labute approximate surface area is 590 Å². The van der Waals surface area contributed by atoms with Gasteiger partial charge in [-0.3, -0.25) is 34.7 Å². The highest BCUT2D eigenvalue weighted by Gasteiger charge is 2.34. The van der Waals surface area contributed by atoms with Crippen LogP contribution in [0.3, 0.4) is 0 Å². The van der Waals surface area contributed by atoms with Crippen LogP contribution < -0.4 is 9.47 Å². The van der Waals surface area contributed by atoms with Gasteiger partial charge in [-0.05, 0) is 143 Å². The van der Waals surface area contributed by atoms with Crippen molar-refractivity contribution < 1.29 is 94.7 Å². The van der Waals surface area contributed by atoms with E-state index in [-0.39, 0.29) is 99.7 Å². The molecule has 0 spiro atoms. The molecule has 6 rings (SSSR count). The van der Waals surface area contributed by atoms with Gasteiger partial charge in [-0.1, -0.05) is 150 Å². The molecule has 6 aromatic carbocycles. The van der Waals surface area contributed by atoms with Crippen LogP contribution in [0.4, 0.5) is 0 Å². The lowest BCUT2D eigenvalue weighted by molar-refractivity contribution is 0.103. The van der Waals surface area contributed by atoms with Gasteiger partial charge in [0.05, 0.1) is 59.5 Å². The smallest absolute Gasteiger partial charge is 0.300 e. The lowest BCUT2D eigenvalue weighted by atomic mass is 9.99. The zero-order valence-electron chi connectivity index (χ0n) is 55.8. The van der Waals surface area contributed by atoms with Gasteiger partial charge in [0, 0.05) is 32.3 Å². The van der Waals surface area contributed by atoms with Gasteiger partial charge < -0.3 is 9.47 Å². The second-order valence-corrected chi connectivity index (χ2v) is 38.1. The molecule has 32 heteroatoms. The summed E-state index contributed by atoms with van der Waals surface area (Å²) < 4.78 is 203. The quantitative estimate of drug-likeness (QED) is 0.0311. The summed E-state index contributed by atoms with van der Waals surface area (Å²) in [5, 5.41) is 0.582. The number of carbonyl (C=O) groups is 2. The van der Waals surface area contributed by atoms with Crippen LogP contribution in [0.5, 0.6) is 23.0 Å². The molecular formula is C65H78Cl4O22S6. The van der Waals surface area contributed by atoms with Crippen molar-refractivity contribution in [2.75, 3.05) is 39.6 Å². The highest BCUT2D eigenvalue weighted by atomic mass is 35.5. The third-order valence-corrected chi connectivity index (χ3v) is 21.1. The fourth-order valence-corrected chi connectivity index (χ4v) is 15.5. The molecule has 6 aromatic rings. The second-order valence-electron chi connectivity index (χ2n) is 26.9. The SMILES string of the molecule is CC(C)(C)COS(=O)(=O)c1ccc(Oc2ccc(C(=O)c3cc(Cl)ccc3Cl)cc2S(=O)(=O)OCC(C)(C)C)c(S(=O)(=O)OCC(C)(C)C)c1.CC(C)COS(=O)(=O)c1ccc(Oc2ccc(C(=O)c3cc(Cl)ccc3Cl)cc2S(=O)(=O)OCC(C)C)c(S(=O)(=O)OCC(C)C)c1. The van der Waals surface area contributed by atoms with Crippen molar-refractivity contribution in [2.45, 2.75) is 133 Å². The number of ether oxygens (including phenoxy) is 2. The van der Waals surface area contributed by atoms with E-state index in [1.165, 1.54) is 48.5 Å². The number of hydrogen-bond donors (Lipinski definition) is 0. The minimum Gasteiger partial charge on any atom is -0.454 e. The van der Waals surface area contributed by atoms with Crippen LogP contribution in [0.25, 0.3) is 0 Å². The van der Waals surface area contributed by atoms with Gasteiger partial charge in [-0.25, -0.2) is 0 Å². The van der Waals surface area contributed by atoms with Gasteiger partial charge in [-0.15, -0.1) is 0 Å². The number of rotatable bonds is 29. The van der Waals surface area contributed by atoms with Crippen molar-refractivity contribution >= 4 is 119 Å². The number of hydrogen-bond acceptors (Lipinski definition) is 22. The van der Waals surface area contributed by atoms with Crippen molar-refractivity contribution in [1.82, 2.24) is 0 Å². The van der Waals surface area contributed by atoms with Gasteiger partial charge >= 0.3 is 40.5 Å². The average Bonchev–Trinajstić information content (AvgIpc) is 0.788. The van der Waals surface area contributed by atoms with Crippen LogP contribution in [0.2, 0.25) is 20.1 Å². The number of ketones is 2. The molecule has 0 aromatic heterocycles. The maximum Gasteiger partial charge on any atom is 0.300 e. The summed E-state index contributed by atoms with van der Waals surface area (Å²) in [5.41, 5.74) is -1.99. The van der Waals surface area contributed by atoms with Crippen molar-refractivity contribution in [1.29, 1.82) is 0 Å². The number of benzene rings is 6. The Morgan fingerprint density at radius 2 is 0.598 bits per heavy atom. The first-order valence-electron chi connectivity index (χ1n) is 29.6. The molecule has 97 heavy (non-hydrogen) atoms. The third-order valence-electron chi connectivity index (χ3n) is 12.3. The molecule has 0 radical (unpaired) electrons. The summed E-state index contributed by atoms with van der Waals surface area (Å²) >= 11 is 24.6. The van der Waals surface area contributed by atoms with Crippen molar-refractivity contribution in [2.24, 2.45) is 34.0 Å². The van der Waals surface area contributed by atoms with E-state index < -0.39 is 141 Å². The molecule has 534 valence electrons. The van der Waals surface area contributed by atoms with Crippen molar-refractivity contribution in [3.63, 3.8) is 0 Å². The molecule has 22 nitrogen and oxygen atoms in total. The van der Waals surface area contributed by atoms with E-state index >= 15 is 0 Å². The Hall–Kier alpha value is -5.12. The van der Waals surface area contributed by atoms with Crippen LogP contribution in [-0.2, 0) is 85.8 Å². The summed E-state index contributed by atoms with van der Waals surface area (Å²) in [6.45, 7) is 24.7. The zero-order chi connectivity index (χ0) is 73.4. The van der Waals surface area contributed by atoms with E-state index in [1.54, 1.807) is 104 Å². The average molecular weight is 1550 g/mol. The number of carbonyl (C=O) groups excluding carboxylic acids is 2. The predicted octanol–water partition coefficient (Wildman–Crippen LogP) is 15.4. The monoisotopic (exact) mass is 1540 g/mol. The van der Waals surface area contributed by atoms with Crippen LogP contribution in [0.1, 0.15) is 136 Å². The van der Waals surface area contributed by atoms with Gasteiger partial charge in [0.1, 0.15) is 42.6 Å². The minimum atomic E-state index is -4.72. The summed E-state index contributed by atoms with van der Waals surface area (Å²) in [4.78, 5) is 23.2. The van der Waals surface area contributed by atoms with Gasteiger partial charge in [0.25, 0.3) is 20.2 Å². The topological polar surface area (TPSA) is 313 Å². The molecule has 0 atom stereocenters. The van der Waals surface area contributed by atoms with E-state index in [2.05, 4.69) is 0 Å². The summed E-state index contributed by atoms with van der Waals surface area (Å²) in [5.74, 6) is -3.69. The van der Waals surface area contributed by atoms with E-state index in [0.717, 1.165) is 60.7 Å². The lowest BCUT2D eigenvalue weighted by Gasteiger charge is -2.21. The Morgan fingerprint density at radius 3 is 0.897 bits per heavy atom.